The van der Waals surface area contributed by atoms with E-state index in [0.717, 1.165) is 12.1 Å². The Hall–Kier alpha value is -3.36. The second-order valence-electron chi connectivity index (χ2n) is 7.86. The van der Waals surface area contributed by atoms with Gasteiger partial charge in [-0.15, -0.1) is 0 Å². The van der Waals surface area contributed by atoms with Crippen molar-refractivity contribution in [3.8, 4) is 0 Å². The first kappa shape index (κ1) is 22.8. The molecule has 0 bridgehead atoms. The maximum Gasteiger partial charge on any atom is 0.243 e. The summed E-state index contributed by atoms with van der Waals surface area (Å²) >= 11 is 0. The zero-order valence-corrected chi connectivity index (χ0v) is 18.6. The second-order valence-corrected chi connectivity index (χ2v) is 9.80. The summed E-state index contributed by atoms with van der Waals surface area (Å²) in [4.78, 5) is 25.8. The topological polar surface area (TPSA) is 83.6 Å². The van der Waals surface area contributed by atoms with Crippen molar-refractivity contribution in [3.05, 3.63) is 95.8 Å². The maximum atomic E-state index is 13.1. The summed E-state index contributed by atoms with van der Waals surface area (Å²) in [6.45, 7) is 0.366. The van der Waals surface area contributed by atoms with E-state index in [2.05, 4.69) is 5.32 Å². The third-order valence-electron chi connectivity index (χ3n) is 5.74. The van der Waals surface area contributed by atoms with Crippen LogP contribution >= 0.6 is 0 Å². The van der Waals surface area contributed by atoms with Gasteiger partial charge in [0.15, 0.2) is 5.78 Å². The van der Waals surface area contributed by atoms with Crippen molar-refractivity contribution in [2.45, 2.75) is 17.7 Å². The van der Waals surface area contributed by atoms with Crippen LogP contribution in [0, 0.1) is 11.7 Å². The summed E-state index contributed by atoms with van der Waals surface area (Å²) in [7, 11) is -3.75. The molecule has 0 radical (unpaired) electrons. The fourth-order valence-electron chi connectivity index (χ4n) is 3.88. The molecule has 0 saturated carbocycles. The number of sulfonamides is 1. The van der Waals surface area contributed by atoms with E-state index >= 15 is 0 Å². The van der Waals surface area contributed by atoms with Crippen LogP contribution in [0.5, 0.6) is 0 Å². The fraction of sp³-hybridized carbons (Fsp3) is 0.200. The lowest BCUT2D eigenvalue weighted by Crippen LogP contribution is -2.41. The summed E-state index contributed by atoms with van der Waals surface area (Å²) in [6, 6.07) is 20.4. The van der Waals surface area contributed by atoms with Crippen LogP contribution in [0.25, 0.3) is 0 Å². The number of para-hydroxylation sites is 1. The Morgan fingerprint density at radius 2 is 1.45 bits per heavy atom. The van der Waals surface area contributed by atoms with Crippen molar-refractivity contribution < 1.29 is 22.4 Å². The Kier molecular flexibility index (Phi) is 6.67. The average Bonchev–Trinajstić information content (AvgIpc) is 2.85. The van der Waals surface area contributed by atoms with Crippen molar-refractivity contribution in [3.63, 3.8) is 0 Å². The van der Waals surface area contributed by atoms with E-state index < -0.39 is 15.8 Å². The van der Waals surface area contributed by atoms with Gasteiger partial charge in [0.2, 0.25) is 15.9 Å². The standard InChI is InChI=1S/C25H23FN2O4S/c26-20-10-12-21(13-11-20)33(31,32)28-16-14-19(15-17-28)25(30)27-23-9-5-4-8-22(23)24(29)18-6-2-1-3-7-18/h1-13,19H,14-17H2,(H,27,30). The molecular formula is C25H23FN2O4S. The van der Waals surface area contributed by atoms with E-state index in [1.165, 1.54) is 16.4 Å². The fourth-order valence-corrected chi connectivity index (χ4v) is 5.35. The first-order chi connectivity index (χ1) is 15.9. The molecule has 1 amide bonds. The summed E-state index contributed by atoms with van der Waals surface area (Å²) < 4.78 is 40.0. The van der Waals surface area contributed by atoms with Gasteiger partial charge in [-0.3, -0.25) is 9.59 Å². The van der Waals surface area contributed by atoms with Crippen molar-refractivity contribution in [2.24, 2.45) is 5.92 Å². The second kappa shape index (κ2) is 9.64. The lowest BCUT2D eigenvalue weighted by Gasteiger charge is -2.30. The molecule has 4 rings (SSSR count). The molecule has 0 aliphatic carbocycles. The molecule has 8 heteroatoms. The minimum absolute atomic E-state index is 0.0279. The lowest BCUT2D eigenvalue weighted by molar-refractivity contribution is -0.120. The average molecular weight is 467 g/mol. The number of amides is 1. The number of halogens is 1. The van der Waals surface area contributed by atoms with E-state index in [4.69, 9.17) is 0 Å². The number of nitrogens with one attached hydrogen (secondary N) is 1. The van der Waals surface area contributed by atoms with Crippen molar-refractivity contribution in [1.82, 2.24) is 4.31 Å². The molecule has 3 aromatic rings. The van der Waals surface area contributed by atoms with Gasteiger partial charge in [0.25, 0.3) is 0 Å². The Bertz CT molecular complexity index is 1250. The molecule has 0 spiro atoms. The van der Waals surface area contributed by atoms with Crippen LogP contribution in [0.3, 0.4) is 0 Å². The van der Waals surface area contributed by atoms with E-state index in [9.17, 15) is 22.4 Å². The molecule has 1 fully saturated rings. The summed E-state index contributed by atoms with van der Waals surface area (Å²) in [5, 5.41) is 2.85. The van der Waals surface area contributed by atoms with Crippen LogP contribution in [0.2, 0.25) is 0 Å². The highest BCUT2D eigenvalue weighted by Crippen LogP contribution is 2.26. The van der Waals surface area contributed by atoms with Crippen LogP contribution in [-0.2, 0) is 14.8 Å². The number of carbonyl (C=O) groups is 2. The van der Waals surface area contributed by atoms with Crippen molar-refractivity contribution in [1.29, 1.82) is 0 Å². The number of benzene rings is 3. The molecule has 0 atom stereocenters. The quantitative estimate of drug-likeness (QED) is 0.555. The van der Waals surface area contributed by atoms with Gasteiger partial charge in [0.1, 0.15) is 5.82 Å². The third kappa shape index (κ3) is 5.02. The predicted molar refractivity (Wildman–Crippen MR) is 123 cm³/mol. The van der Waals surface area contributed by atoms with Crippen LogP contribution < -0.4 is 5.32 Å². The minimum Gasteiger partial charge on any atom is -0.325 e. The highest BCUT2D eigenvalue weighted by Gasteiger charge is 2.32. The molecule has 6 nitrogen and oxygen atoms in total. The SMILES string of the molecule is O=C(c1ccccc1)c1ccccc1NC(=O)C1CCN(S(=O)(=O)c2ccc(F)cc2)CC1. The molecule has 1 N–H and O–H groups in total. The zero-order valence-electron chi connectivity index (χ0n) is 17.8. The van der Waals surface area contributed by atoms with E-state index in [-0.39, 0.29) is 35.6 Å². The van der Waals surface area contributed by atoms with E-state index in [1.807, 2.05) is 6.07 Å². The summed E-state index contributed by atoms with van der Waals surface area (Å²) in [5.74, 6) is -1.33. The van der Waals surface area contributed by atoms with E-state index in [0.29, 0.717) is 29.7 Å². The van der Waals surface area contributed by atoms with Crippen LogP contribution in [0.1, 0.15) is 28.8 Å². The van der Waals surface area contributed by atoms with Crippen LogP contribution in [0.15, 0.2) is 83.8 Å². The van der Waals surface area contributed by atoms with Crippen molar-refractivity contribution in [2.75, 3.05) is 18.4 Å². The first-order valence-corrected chi connectivity index (χ1v) is 12.1. The number of hydrogen-bond donors (Lipinski definition) is 1. The maximum absolute atomic E-state index is 13.1. The molecule has 1 aliphatic heterocycles. The predicted octanol–water partition coefficient (Wildman–Crippen LogP) is 4.10. The molecule has 33 heavy (non-hydrogen) atoms. The zero-order chi connectivity index (χ0) is 23.4. The van der Waals surface area contributed by atoms with Gasteiger partial charge in [-0.2, -0.15) is 4.31 Å². The van der Waals surface area contributed by atoms with E-state index in [1.54, 1.807) is 48.5 Å². The first-order valence-electron chi connectivity index (χ1n) is 10.6. The number of anilines is 1. The Balaban J connectivity index is 1.42. The van der Waals surface area contributed by atoms with Crippen LogP contribution in [-0.4, -0.2) is 37.5 Å². The Morgan fingerprint density at radius 3 is 2.12 bits per heavy atom. The molecule has 3 aromatic carbocycles. The molecule has 0 aromatic heterocycles. The molecular weight excluding hydrogens is 443 g/mol. The molecule has 1 aliphatic rings. The van der Waals surface area contributed by atoms with Gasteiger partial charge >= 0.3 is 0 Å². The number of rotatable bonds is 6. The highest BCUT2D eigenvalue weighted by molar-refractivity contribution is 7.89. The van der Waals surface area contributed by atoms with Gasteiger partial charge in [-0.05, 0) is 49.2 Å². The number of piperidine rings is 1. The number of carbonyl (C=O) groups excluding carboxylic acids is 2. The van der Waals surface area contributed by atoms with Gasteiger partial charge < -0.3 is 5.32 Å². The normalized spacial score (nSPS) is 15.2. The van der Waals surface area contributed by atoms with Gasteiger partial charge in [0.05, 0.1) is 10.6 Å². The van der Waals surface area contributed by atoms with Gasteiger partial charge in [-0.1, -0.05) is 42.5 Å². The molecule has 170 valence electrons. The number of nitrogens with zero attached hydrogens (tertiary/aromatic N) is 1. The monoisotopic (exact) mass is 466 g/mol. The highest BCUT2D eigenvalue weighted by atomic mass is 32.2. The van der Waals surface area contributed by atoms with Crippen LogP contribution in [0.4, 0.5) is 10.1 Å². The number of hydrogen-bond acceptors (Lipinski definition) is 4. The Morgan fingerprint density at radius 1 is 0.848 bits per heavy atom. The largest absolute Gasteiger partial charge is 0.325 e. The van der Waals surface area contributed by atoms with Crippen molar-refractivity contribution >= 4 is 27.4 Å². The molecule has 1 heterocycles. The van der Waals surface area contributed by atoms with Gasteiger partial charge in [0, 0.05) is 30.1 Å². The number of ketones is 1. The third-order valence-corrected chi connectivity index (χ3v) is 7.65. The Labute approximate surface area is 192 Å². The summed E-state index contributed by atoms with van der Waals surface area (Å²) in [6.07, 6.45) is 0.697. The lowest BCUT2D eigenvalue weighted by atomic mass is 9.96. The molecule has 0 unspecified atom stereocenters. The summed E-state index contributed by atoms with van der Waals surface area (Å²) in [5.41, 5.74) is 1.35. The molecule has 1 saturated heterocycles. The smallest absolute Gasteiger partial charge is 0.243 e. The van der Waals surface area contributed by atoms with Gasteiger partial charge in [-0.25, -0.2) is 12.8 Å². The minimum atomic E-state index is -3.75.